The van der Waals surface area contributed by atoms with Crippen LogP contribution in [-0.4, -0.2) is 46.2 Å². The SMILES string of the molecule is CCOC(=O)C(C)(C)Oc1c(C)cc(CN(CC(=O)OC(C)(C)C)Cc2nc(-c3ccc(C)cc3)oc2C)cc1C. The van der Waals surface area contributed by atoms with Crippen LogP contribution in [0.5, 0.6) is 5.75 Å². The Morgan fingerprint density at radius 3 is 2.10 bits per heavy atom. The molecule has 1 aromatic heterocycles. The quantitative estimate of drug-likeness (QED) is 0.239. The molecule has 0 atom stereocenters. The molecule has 0 saturated heterocycles. The summed E-state index contributed by atoms with van der Waals surface area (Å²) in [6, 6.07) is 12.0. The third-order valence-electron chi connectivity index (χ3n) is 6.39. The molecule has 1 heterocycles. The van der Waals surface area contributed by atoms with Gasteiger partial charge in [0, 0.05) is 18.7 Å². The predicted octanol–water partition coefficient (Wildman–Crippen LogP) is 6.64. The minimum atomic E-state index is -1.13. The number of carbonyl (C=O) groups excluding carboxylic acids is 2. The van der Waals surface area contributed by atoms with Crippen molar-refractivity contribution in [3.63, 3.8) is 0 Å². The van der Waals surface area contributed by atoms with Crippen LogP contribution in [0.4, 0.5) is 0 Å². The van der Waals surface area contributed by atoms with Gasteiger partial charge >= 0.3 is 11.9 Å². The third kappa shape index (κ3) is 8.92. The minimum absolute atomic E-state index is 0.0790. The van der Waals surface area contributed by atoms with E-state index in [-0.39, 0.29) is 19.1 Å². The number of rotatable bonds is 11. The van der Waals surface area contributed by atoms with Gasteiger partial charge in [0.15, 0.2) is 5.60 Å². The van der Waals surface area contributed by atoms with E-state index in [1.54, 1.807) is 20.8 Å². The van der Waals surface area contributed by atoms with Gasteiger partial charge in [-0.25, -0.2) is 9.78 Å². The van der Waals surface area contributed by atoms with E-state index in [9.17, 15) is 9.59 Å². The van der Waals surface area contributed by atoms with E-state index in [1.807, 2.05) is 89.8 Å². The average molecular weight is 565 g/mol. The van der Waals surface area contributed by atoms with Crippen molar-refractivity contribution < 1.29 is 28.2 Å². The normalized spacial score (nSPS) is 12.0. The van der Waals surface area contributed by atoms with Gasteiger partial charge in [-0.2, -0.15) is 0 Å². The zero-order valence-electron chi connectivity index (χ0n) is 26.1. The summed E-state index contributed by atoms with van der Waals surface area (Å²) in [5.74, 6) is 1.15. The van der Waals surface area contributed by atoms with Crippen molar-refractivity contribution in [1.82, 2.24) is 9.88 Å². The molecular formula is C33H44N2O6. The van der Waals surface area contributed by atoms with Gasteiger partial charge in [0.25, 0.3) is 0 Å². The van der Waals surface area contributed by atoms with Gasteiger partial charge < -0.3 is 18.6 Å². The van der Waals surface area contributed by atoms with E-state index >= 15 is 0 Å². The molecule has 3 rings (SSSR count). The lowest BCUT2D eigenvalue weighted by Gasteiger charge is -2.27. The van der Waals surface area contributed by atoms with Crippen LogP contribution in [0.3, 0.4) is 0 Å². The lowest BCUT2D eigenvalue weighted by molar-refractivity contribution is -0.159. The van der Waals surface area contributed by atoms with E-state index in [0.29, 0.717) is 30.5 Å². The monoisotopic (exact) mass is 564 g/mol. The van der Waals surface area contributed by atoms with Gasteiger partial charge in [0.05, 0.1) is 18.8 Å². The van der Waals surface area contributed by atoms with Crippen molar-refractivity contribution in [3.8, 4) is 17.2 Å². The average Bonchev–Trinajstić information content (AvgIpc) is 3.20. The summed E-state index contributed by atoms with van der Waals surface area (Å²) in [5.41, 5.74) is 3.85. The minimum Gasteiger partial charge on any atom is -0.476 e. The number of benzene rings is 2. The zero-order chi connectivity index (χ0) is 30.5. The summed E-state index contributed by atoms with van der Waals surface area (Å²) >= 11 is 0. The molecule has 0 saturated carbocycles. The molecule has 3 aromatic rings. The molecule has 0 bridgehead atoms. The Morgan fingerprint density at radius 1 is 0.927 bits per heavy atom. The van der Waals surface area contributed by atoms with E-state index in [2.05, 4.69) is 0 Å². The van der Waals surface area contributed by atoms with Crippen molar-refractivity contribution in [3.05, 3.63) is 70.1 Å². The topological polar surface area (TPSA) is 91.1 Å². The second kappa shape index (κ2) is 12.9. The molecule has 0 amide bonds. The van der Waals surface area contributed by atoms with Crippen molar-refractivity contribution >= 4 is 11.9 Å². The van der Waals surface area contributed by atoms with E-state index < -0.39 is 17.2 Å². The number of ether oxygens (including phenoxy) is 3. The maximum absolute atomic E-state index is 12.9. The molecule has 0 aliphatic carbocycles. The summed E-state index contributed by atoms with van der Waals surface area (Å²) in [4.78, 5) is 32.1. The molecule has 8 nitrogen and oxygen atoms in total. The number of hydrogen-bond donors (Lipinski definition) is 0. The van der Waals surface area contributed by atoms with E-state index in [0.717, 1.165) is 33.5 Å². The number of aromatic nitrogens is 1. The fourth-order valence-electron chi connectivity index (χ4n) is 4.48. The Morgan fingerprint density at radius 2 is 1.54 bits per heavy atom. The van der Waals surface area contributed by atoms with Crippen LogP contribution in [0.2, 0.25) is 0 Å². The first-order chi connectivity index (χ1) is 19.1. The van der Waals surface area contributed by atoms with Gasteiger partial charge in [-0.1, -0.05) is 29.8 Å². The summed E-state index contributed by atoms with van der Waals surface area (Å²) in [6.45, 7) is 19.8. The molecule has 41 heavy (non-hydrogen) atoms. The molecule has 0 radical (unpaired) electrons. The number of carbonyl (C=O) groups is 2. The van der Waals surface area contributed by atoms with Crippen LogP contribution in [-0.2, 0) is 32.2 Å². The van der Waals surface area contributed by atoms with Crippen molar-refractivity contribution in [2.45, 2.75) is 93.5 Å². The van der Waals surface area contributed by atoms with Gasteiger partial charge in [-0.15, -0.1) is 0 Å². The second-order valence-corrected chi connectivity index (χ2v) is 12.0. The number of nitrogens with zero attached hydrogens (tertiary/aromatic N) is 2. The summed E-state index contributed by atoms with van der Waals surface area (Å²) in [7, 11) is 0. The highest BCUT2D eigenvalue weighted by Crippen LogP contribution is 2.30. The summed E-state index contributed by atoms with van der Waals surface area (Å²) < 4.78 is 23.0. The van der Waals surface area contributed by atoms with Crippen molar-refractivity contribution in [1.29, 1.82) is 0 Å². The van der Waals surface area contributed by atoms with Crippen LogP contribution >= 0.6 is 0 Å². The molecular weight excluding hydrogens is 520 g/mol. The molecule has 0 unspecified atom stereocenters. The molecule has 0 aliphatic heterocycles. The number of esters is 2. The molecule has 0 aliphatic rings. The highest BCUT2D eigenvalue weighted by Gasteiger charge is 2.33. The van der Waals surface area contributed by atoms with E-state index in [1.165, 1.54) is 0 Å². The van der Waals surface area contributed by atoms with Crippen molar-refractivity contribution in [2.24, 2.45) is 0 Å². The second-order valence-electron chi connectivity index (χ2n) is 12.0. The first kappa shape index (κ1) is 31.9. The Labute approximate surface area is 244 Å². The molecule has 0 spiro atoms. The molecule has 8 heteroatoms. The Bertz CT molecular complexity index is 1340. The highest BCUT2D eigenvalue weighted by atomic mass is 16.6. The third-order valence-corrected chi connectivity index (χ3v) is 6.39. The maximum atomic E-state index is 12.9. The van der Waals surface area contributed by atoms with Crippen LogP contribution in [0, 0.1) is 27.7 Å². The van der Waals surface area contributed by atoms with Gasteiger partial charge in [-0.3, -0.25) is 9.69 Å². The van der Waals surface area contributed by atoms with Crippen LogP contribution in [0.25, 0.3) is 11.5 Å². The van der Waals surface area contributed by atoms with Gasteiger partial charge in [0.1, 0.15) is 17.1 Å². The van der Waals surface area contributed by atoms with Crippen LogP contribution in [0.1, 0.15) is 75.3 Å². The first-order valence-electron chi connectivity index (χ1n) is 14.0. The molecule has 0 fully saturated rings. The van der Waals surface area contributed by atoms with Gasteiger partial charge in [-0.05, 0) is 98.1 Å². The zero-order valence-corrected chi connectivity index (χ0v) is 26.1. The molecule has 0 N–H and O–H groups in total. The smallest absolute Gasteiger partial charge is 0.349 e. The summed E-state index contributed by atoms with van der Waals surface area (Å²) in [6.07, 6.45) is 0. The predicted molar refractivity (Wildman–Crippen MR) is 159 cm³/mol. The largest absolute Gasteiger partial charge is 0.476 e. The molecule has 2 aromatic carbocycles. The first-order valence-corrected chi connectivity index (χ1v) is 14.0. The fourth-order valence-corrected chi connectivity index (χ4v) is 4.48. The summed E-state index contributed by atoms with van der Waals surface area (Å²) in [5, 5.41) is 0. The Kier molecular flexibility index (Phi) is 10.0. The van der Waals surface area contributed by atoms with Crippen LogP contribution < -0.4 is 4.74 Å². The van der Waals surface area contributed by atoms with Crippen LogP contribution in [0.15, 0.2) is 40.8 Å². The Hall–Kier alpha value is -3.65. The number of aryl methyl sites for hydroxylation is 4. The number of hydrogen-bond acceptors (Lipinski definition) is 8. The highest BCUT2D eigenvalue weighted by molar-refractivity contribution is 5.79. The van der Waals surface area contributed by atoms with Gasteiger partial charge in [0.2, 0.25) is 5.89 Å². The lowest BCUT2D eigenvalue weighted by atomic mass is 10.0. The van der Waals surface area contributed by atoms with Crippen molar-refractivity contribution in [2.75, 3.05) is 13.2 Å². The number of oxazole rings is 1. The standard InChI is InChI=1S/C33H44N2O6/c1-11-38-31(37)33(9,10)41-29-22(3)16-25(17-23(29)4)18-35(20-28(36)40-32(6,7)8)19-27-24(5)39-30(34-27)26-14-12-21(2)13-15-26/h12-17H,11,18-20H2,1-10H3. The maximum Gasteiger partial charge on any atom is 0.349 e. The lowest BCUT2D eigenvalue weighted by Crippen LogP contribution is -2.40. The van der Waals surface area contributed by atoms with E-state index in [4.69, 9.17) is 23.6 Å². The Balaban J connectivity index is 1.87. The fraction of sp³-hybridized carbons (Fsp3) is 0.485. The molecule has 222 valence electrons.